The molecule has 0 aromatic heterocycles. The number of nitrogens with zero attached hydrogens (tertiary/aromatic N) is 1. The number of hydrogen-bond acceptors (Lipinski definition) is 3. The second-order valence-corrected chi connectivity index (χ2v) is 7.35. The molecule has 1 aliphatic rings. The van der Waals surface area contributed by atoms with Gasteiger partial charge in [-0.1, -0.05) is 30.3 Å². The highest BCUT2D eigenvalue weighted by atomic mass is 32.2. The minimum absolute atomic E-state index is 0.0901. The van der Waals surface area contributed by atoms with Crippen LogP contribution in [0, 0.1) is 5.92 Å². The van der Waals surface area contributed by atoms with Crippen molar-refractivity contribution in [1.82, 2.24) is 9.62 Å². The maximum absolute atomic E-state index is 12.2. The summed E-state index contributed by atoms with van der Waals surface area (Å²) >= 11 is 1.68. The second-order valence-electron chi connectivity index (χ2n) is 6.18. The fraction of sp³-hybridized carbons (Fsp3) is 0.389. The molecule has 2 aromatic rings. The van der Waals surface area contributed by atoms with E-state index in [0.717, 1.165) is 30.8 Å². The van der Waals surface area contributed by atoms with Gasteiger partial charge in [-0.15, -0.1) is 0 Å². The van der Waals surface area contributed by atoms with Crippen molar-refractivity contribution < 1.29 is 18.0 Å². The summed E-state index contributed by atoms with van der Waals surface area (Å²) in [4.78, 5) is 12.0. The van der Waals surface area contributed by atoms with Crippen LogP contribution in [-0.4, -0.2) is 36.0 Å². The zero-order valence-electron chi connectivity index (χ0n) is 13.6. The molecule has 0 saturated carbocycles. The Bertz CT molecular complexity index is 742. The lowest BCUT2D eigenvalue weighted by molar-refractivity contribution is -0.173. The first-order valence-electron chi connectivity index (χ1n) is 8.18. The normalized spacial score (nSPS) is 16.9. The van der Waals surface area contributed by atoms with Crippen molar-refractivity contribution in [2.24, 2.45) is 5.92 Å². The maximum Gasteiger partial charge on any atom is 0.471 e. The van der Waals surface area contributed by atoms with Crippen molar-refractivity contribution >= 4 is 28.6 Å². The molecule has 1 heterocycles. The Balaban J connectivity index is 1.48. The van der Waals surface area contributed by atoms with Crippen molar-refractivity contribution in [3.63, 3.8) is 0 Å². The molecule has 1 saturated heterocycles. The van der Waals surface area contributed by atoms with E-state index in [2.05, 4.69) is 34.6 Å². The van der Waals surface area contributed by atoms with Crippen molar-refractivity contribution in [3.05, 3.63) is 42.5 Å². The average molecular weight is 368 g/mol. The van der Waals surface area contributed by atoms with Gasteiger partial charge in [-0.3, -0.25) is 4.79 Å². The molecule has 0 bridgehead atoms. The molecule has 0 radical (unpaired) electrons. The average Bonchev–Trinajstić information content (AvgIpc) is 2.60. The fourth-order valence-electron chi connectivity index (χ4n) is 2.92. The summed E-state index contributed by atoms with van der Waals surface area (Å²) in [7, 11) is 0. The van der Waals surface area contributed by atoms with Crippen LogP contribution in [0.4, 0.5) is 13.2 Å². The Kier molecular flexibility index (Phi) is 5.54. The Morgan fingerprint density at radius 2 is 1.80 bits per heavy atom. The number of rotatable bonds is 4. The number of benzene rings is 2. The van der Waals surface area contributed by atoms with Gasteiger partial charge in [0.15, 0.2) is 0 Å². The van der Waals surface area contributed by atoms with Gasteiger partial charge in [0.2, 0.25) is 0 Å². The maximum atomic E-state index is 12.2. The molecule has 0 unspecified atom stereocenters. The van der Waals surface area contributed by atoms with Crippen LogP contribution < -0.4 is 5.32 Å². The minimum atomic E-state index is -4.80. The van der Waals surface area contributed by atoms with Crippen molar-refractivity contribution in [1.29, 1.82) is 0 Å². The first-order chi connectivity index (χ1) is 11.9. The molecule has 1 amide bonds. The summed E-state index contributed by atoms with van der Waals surface area (Å²) in [5, 5.41) is 4.38. The van der Waals surface area contributed by atoms with E-state index in [1.165, 1.54) is 10.8 Å². The zero-order chi connectivity index (χ0) is 17.9. The third-order valence-corrected chi connectivity index (χ3v) is 5.43. The van der Waals surface area contributed by atoms with Gasteiger partial charge in [0.05, 0.1) is 0 Å². The van der Waals surface area contributed by atoms with Gasteiger partial charge in [-0.05, 0) is 53.6 Å². The molecule has 1 N–H and O–H groups in total. The number of piperidine rings is 1. The number of carbonyl (C=O) groups is 1. The van der Waals surface area contributed by atoms with E-state index < -0.39 is 12.1 Å². The lowest BCUT2D eigenvalue weighted by atomic mass is 9.98. The van der Waals surface area contributed by atoms with Gasteiger partial charge >= 0.3 is 12.1 Å². The van der Waals surface area contributed by atoms with E-state index in [-0.39, 0.29) is 12.5 Å². The number of alkyl halides is 3. The van der Waals surface area contributed by atoms with E-state index in [9.17, 15) is 18.0 Å². The smallest absolute Gasteiger partial charge is 0.348 e. The highest BCUT2D eigenvalue weighted by molar-refractivity contribution is 7.97. The molecular weight excluding hydrogens is 349 g/mol. The molecular formula is C18H19F3N2OS. The first kappa shape index (κ1) is 18.1. The summed E-state index contributed by atoms with van der Waals surface area (Å²) in [6.45, 7) is 1.68. The Labute approximate surface area is 148 Å². The third kappa shape index (κ3) is 4.89. The predicted octanol–water partition coefficient (Wildman–Crippen LogP) is 4.24. The largest absolute Gasteiger partial charge is 0.471 e. The number of hydrogen-bond donors (Lipinski definition) is 1. The standard InChI is InChI=1S/C18H19F3N2OS/c19-18(20,21)17(24)22-12-13-7-9-23(10-8-13)25-16-6-5-14-3-1-2-4-15(14)11-16/h1-6,11,13H,7-10,12H2,(H,22,24). The number of nitrogens with one attached hydrogen (secondary N) is 1. The van der Waals surface area contributed by atoms with E-state index in [0.29, 0.717) is 0 Å². The van der Waals surface area contributed by atoms with Crippen LogP contribution in [0.25, 0.3) is 10.8 Å². The Morgan fingerprint density at radius 1 is 1.12 bits per heavy atom. The predicted molar refractivity (Wildman–Crippen MR) is 93.2 cm³/mol. The zero-order valence-corrected chi connectivity index (χ0v) is 14.4. The number of halogens is 3. The highest BCUT2D eigenvalue weighted by Crippen LogP contribution is 2.30. The molecule has 3 nitrogen and oxygen atoms in total. The molecule has 0 spiro atoms. The van der Waals surface area contributed by atoms with Gasteiger partial charge in [0.25, 0.3) is 0 Å². The molecule has 3 rings (SSSR count). The van der Waals surface area contributed by atoms with Crippen LogP contribution in [0.15, 0.2) is 47.4 Å². The van der Waals surface area contributed by atoms with Crippen LogP contribution in [-0.2, 0) is 4.79 Å². The number of amides is 1. The Hall–Kier alpha value is -1.73. The highest BCUT2D eigenvalue weighted by Gasteiger charge is 2.38. The third-order valence-electron chi connectivity index (χ3n) is 4.34. The molecule has 7 heteroatoms. The van der Waals surface area contributed by atoms with Crippen molar-refractivity contribution in [3.8, 4) is 0 Å². The second kappa shape index (κ2) is 7.66. The molecule has 0 atom stereocenters. The van der Waals surface area contributed by atoms with Crippen molar-refractivity contribution in [2.45, 2.75) is 23.9 Å². The molecule has 134 valence electrons. The van der Waals surface area contributed by atoms with Crippen LogP contribution in [0.1, 0.15) is 12.8 Å². The van der Waals surface area contributed by atoms with Crippen LogP contribution in [0.5, 0.6) is 0 Å². The van der Waals surface area contributed by atoms with E-state index in [1.807, 2.05) is 17.4 Å². The SMILES string of the molecule is O=C(NCC1CCN(Sc2ccc3ccccc3c2)CC1)C(F)(F)F. The van der Waals surface area contributed by atoms with Gasteiger partial charge in [0, 0.05) is 24.5 Å². The summed E-state index contributed by atoms with van der Waals surface area (Å²) < 4.78 is 38.8. The van der Waals surface area contributed by atoms with Gasteiger partial charge in [0.1, 0.15) is 0 Å². The Morgan fingerprint density at radius 3 is 2.48 bits per heavy atom. The molecule has 0 aliphatic carbocycles. The lowest BCUT2D eigenvalue weighted by Gasteiger charge is -2.31. The number of carbonyl (C=O) groups excluding carboxylic acids is 1. The molecule has 1 fully saturated rings. The number of fused-ring (bicyclic) bond motifs is 1. The van der Waals surface area contributed by atoms with Gasteiger partial charge < -0.3 is 5.32 Å². The summed E-state index contributed by atoms with van der Waals surface area (Å²) in [6, 6.07) is 14.5. The van der Waals surface area contributed by atoms with E-state index >= 15 is 0 Å². The van der Waals surface area contributed by atoms with Crippen LogP contribution >= 0.6 is 11.9 Å². The molecule has 1 aliphatic heterocycles. The topological polar surface area (TPSA) is 32.3 Å². The summed E-state index contributed by atoms with van der Waals surface area (Å²) in [5.74, 6) is -1.75. The fourth-order valence-corrected chi connectivity index (χ4v) is 3.92. The summed E-state index contributed by atoms with van der Waals surface area (Å²) in [6.07, 6.45) is -3.25. The van der Waals surface area contributed by atoms with E-state index in [4.69, 9.17) is 0 Å². The van der Waals surface area contributed by atoms with Crippen LogP contribution in [0.3, 0.4) is 0 Å². The minimum Gasteiger partial charge on any atom is -0.348 e. The van der Waals surface area contributed by atoms with Gasteiger partial charge in [-0.25, -0.2) is 4.31 Å². The molecule has 2 aromatic carbocycles. The van der Waals surface area contributed by atoms with Crippen molar-refractivity contribution in [2.75, 3.05) is 19.6 Å². The van der Waals surface area contributed by atoms with E-state index in [1.54, 1.807) is 11.9 Å². The van der Waals surface area contributed by atoms with Gasteiger partial charge in [-0.2, -0.15) is 13.2 Å². The first-order valence-corrected chi connectivity index (χ1v) is 8.96. The molecule has 25 heavy (non-hydrogen) atoms. The van der Waals surface area contributed by atoms with Crippen LogP contribution in [0.2, 0.25) is 0 Å². The summed E-state index contributed by atoms with van der Waals surface area (Å²) in [5.41, 5.74) is 0. The quantitative estimate of drug-likeness (QED) is 0.820. The monoisotopic (exact) mass is 368 g/mol. The lowest BCUT2D eigenvalue weighted by Crippen LogP contribution is -2.41.